The first-order valence-corrected chi connectivity index (χ1v) is 7.66. The molecule has 0 aliphatic carbocycles. The Labute approximate surface area is 138 Å². The third-order valence-electron chi connectivity index (χ3n) is 2.80. The van der Waals surface area contributed by atoms with Crippen LogP contribution in [0.2, 0.25) is 10.0 Å². The van der Waals surface area contributed by atoms with E-state index in [1.165, 1.54) is 0 Å². The molecule has 2 aromatic carbocycles. The highest BCUT2D eigenvalue weighted by Gasteiger charge is 2.10. The quantitative estimate of drug-likeness (QED) is 0.401. The summed E-state index contributed by atoms with van der Waals surface area (Å²) in [5.41, 5.74) is 2.90. The molecule has 0 atom stereocenters. The Morgan fingerprint density at radius 2 is 1.74 bits per heavy atom. The molecule has 0 saturated carbocycles. The number of hydrogen-bond donors (Lipinski definition) is 1. The van der Waals surface area contributed by atoms with E-state index in [2.05, 4.69) is 27.6 Å². The molecule has 0 fully saturated rings. The van der Waals surface area contributed by atoms with E-state index < -0.39 is 0 Å². The van der Waals surface area contributed by atoms with Crippen LogP contribution in [0.1, 0.15) is 0 Å². The van der Waals surface area contributed by atoms with Crippen molar-refractivity contribution in [3.8, 4) is 5.69 Å². The van der Waals surface area contributed by atoms with Gasteiger partial charge in [-0.2, -0.15) is 0 Å². The second-order valence-electron chi connectivity index (χ2n) is 4.02. The number of fused-ring (bicyclic) bond motifs is 1. The van der Waals surface area contributed by atoms with E-state index in [-0.39, 0.29) is 0 Å². The lowest BCUT2D eigenvalue weighted by Gasteiger charge is -2.07. The number of imidazole rings is 1. The Morgan fingerprint density at radius 1 is 1.05 bits per heavy atom. The van der Waals surface area contributed by atoms with Gasteiger partial charge < -0.3 is 4.98 Å². The van der Waals surface area contributed by atoms with Crippen LogP contribution in [-0.4, -0.2) is 9.55 Å². The third kappa shape index (κ3) is 2.42. The van der Waals surface area contributed by atoms with Gasteiger partial charge in [-0.1, -0.05) is 23.2 Å². The Kier molecular flexibility index (Phi) is 3.59. The van der Waals surface area contributed by atoms with E-state index in [0.717, 1.165) is 20.3 Å². The molecule has 0 aliphatic heterocycles. The minimum atomic E-state index is 0.637. The fraction of sp³-hybridized carbons (Fsp3) is 0. The number of aromatic nitrogens is 2. The minimum Gasteiger partial charge on any atom is -0.330 e. The number of benzene rings is 2. The van der Waals surface area contributed by atoms with Gasteiger partial charge in [-0.05, 0) is 71.2 Å². The number of nitrogens with zero attached hydrogens (tertiary/aromatic N) is 1. The summed E-state index contributed by atoms with van der Waals surface area (Å²) >= 11 is 19.7. The molecular formula is C13H7Cl2IN2S. The fourth-order valence-electron chi connectivity index (χ4n) is 1.98. The summed E-state index contributed by atoms with van der Waals surface area (Å²) in [5, 5.41) is 1.39. The van der Waals surface area contributed by atoms with E-state index >= 15 is 0 Å². The van der Waals surface area contributed by atoms with Crippen LogP contribution in [0.3, 0.4) is 0 Å². The second-order valence-corrected chi connectivity index (χ2v) is 6.44. The van der Waals surface area contributed by atoms with Gasteiger partial charge in [0, 0.05) is 13.6 Å². The number of hydrogen-bond acceptors (Lipinski definition) is 1. The van der Waals surface area contributed by atoms with E-state index in [1.54, 1.807) is 0 Å². The number of halogens is 3. The van der Waals surface area contributed by atoms with Gasteiger partial charge in [-0.25, -0.2) is 0 Å². The third-order valence-corrected chi connectivity index (χ3v) is 4.41. The first kappa shape index (κ1) is 13.4. The molecule has 6 heteroatoms. The molecule has 1 heterocycles. The van der Waals surface area contributed by atoms with Crippen molar-refractivity contribution in [2.24, 2.45) is 0 Å². The van der Waals surface area contributed by atoms with Crippen molar-refractivity contribution in [1.29, 1.82) is 0 Å². The molecule has 19 heavy (non-hydrogen) atoms. The first-order chi connectivity index (χ1) is 9.06. The summed E-state index contributed by atoms with van der Waals surface area (Å²) in [6.07, 6.45) is 0. The van der Waals surface area contributed by atoms with Crippen LogP contribution < -0.4 is 0 Å². The molecule has 0 amide bonds. The zero-order chi connectivity index (χ0) is 13.6. The van der Waals surface area contributed by atoms with Gasteiger partial charge in [-0.15, -0.1) is 0 Å². The Hall–Kier alpha value is -0.560. The lowest BCUT2D eigenvalue weighted by Crippen LogP contribution is -1.96. The van der Waals surface area contributed by atoms with E-state index in [4.69, 9.17) is 35.4 Å². The summed E-state index contributed by atoms with van der Waals surface area (Å²) in [6, 6.07) is 11.4. The molecular weight excluding hydrogens is 414 g/mol. The zero-order valence-corrected chi connectivity index (χ0v) is 13.9. The predicted molar refractivity (Wildman–Crippen MR) is 91.2 cm³/mol. The summed E-state index contributed by atoms with van der Waals surface area (Å²) in [6.45, 7) is 0. The van der Waals surface area contributed by atoms with Gasteiger partial charge in [0.1, 0.15) is 0 Å². The summed E-state index contributed by atoms with van der Waals surface area (Å²) in [5.74, 6) is 0. The molecule has 0 saturated heterocycles. The lowest BCUT2D eigenvalue weighted by atomic mass is 10.3. The molecule has 0 aliphatic rings. The maximum atomic E-state index is 6.07. The summed E-state index contributed by atoms with van der Waals surface area (Å²) in [7, 11) is 0. The molecule has 0 bridgehead atoms. The van der Waals surface area contributed by atoms with Gasteiger partial charge in [0.05, 0.1) is 16.7 Å². The van der Waals surface area contributed by atoms with Crippen LogP contribution in [0.25, 0.3) is 16.7 Å². The molecule has 96 valence electrons. The van der Waals surface area contributed by atoms with Crippen LogP contribution in [0, 0.1) is 8.34 Å². The topological polar surface area (TPSA) is 20.7 Å². The maximum Gasteiger partial charge on any atom is 0.182 e. The van der Waals surface area contributed by atoms with E-state index in [9.17, 15) is 0 Å². The van der Waals surface area contributed by atoms with Gasteiger partial charge in [0.15, 0.2) is 4.77 Å². The van der Waals surface area contributed by atoms with E-state index in [0.29, 0.717) is 14.8 Å². The van der Waals surface area contributed by atoms with Gasteiger partial charge >= 0.3 is 0 Å². The van der Waals surface area contributed by atoms with Crippen LogP contribution in [-0.2, 0) is 0 Å². The monoisotopic (exact) mass is 420 g/mol. The highest BCUT2D eigenvalue weighted by Crippen LogP contribution is 2.27. The predicted octanol–water partition coefficient (Wildman–Crippen LogP) is 5.60. The van der Waals surface area contributed by atoms with Crippen LogP contribution in [0.5, 0.6) is 0 Å². The average Bonchev–Trinajstić information content (AvgIpc) is 2.65. The van der Waals surface area contributed by atoms with Crippen LogP contribution in [0.15, 0.2) is 36.4 Å². The molecule has 1 N–H and O–H groups in total. The molecule has 3 aromatic rings. The molecule has 0 spiro atoms. The number of H-pyrrole nitrogens is 1. The van der Waals surface area contributed by atoms with Crippen LogP contribution >= 0.6 is 58.0 Å². The molecule has 2 nitrogen and oxygen atoms in total. The van der Waals surface area contributed by atoms with Crippen molar-refractivity contribution in [2.75, 3.05) is 0 Å². The molecule has 1 aromatic heterocycles. The van der Waals surface area contributed by atoms with Crippen molar-refractivity contribution in [2.45, 2.75) is 0 Å². The normalized spacial score (nSPS) is 11.1. The highest BCUT2D eigenvalue weighted by atomic mass is 127. The summed E-state index contributed by atoms with van der Waals surface area (Å²) < 4.78 is 3.63. The van der Waals surface area contributed by atoms with Crippen molar-refractivity contribution < 1.29 is 0 Å². The SMILES string of the molecule is S=c1[nH]c2ccc(Cl)cc2n1-c1ccc(Cl)cc1I. The molecule has 0 unspecified atom stereocenters. The Balaban J connectivity index is 2.38. The molecule has 0 radical (unpaired) electrons. The zero-order valence-electron chi connectivity index (χ0n) is 9.45. The van der Waals surface area contributed by atoms with Gasteiger partial charge in [-0.3, -0.25) is 4.57 Å². The number of aromatic amines is 1. The Bertz CT molecular complexity index is 838. The van der Waals surface area contributed by atoms with Gasteiger partial charge in [0.25, 0.3) is 0 Å². The minimum absolute atomic E-state index is 0.637. The van der Waals surface area contributed by atoms with Gasteiger partial charge in [0.2, 0.25) is 0 Å². The summed E-state index contributed by atoms with van der Waals surface area (Å²) in [4.78, 5) is 3.18. The van der Waals surface area contributed by atoms with E-state index in [1.807, 2.05) is 41.0 Å². The highest BCUT2D eigenvalue weighted by molar-refractivity contribution is 14.1. The van der Waals surface area contributed by atoms with Crippen molar-refractivity contribution in [3.63, 3.8) is 0 Å². The Morgan fingerprint density at radius 3 is 2.47 bits per heavy atom. The van der Waals surface area contributed by atoms with Crippen molar-refractivity contribution in [1.82, 2.24) is 9.55 Å². The fourth-order valence-corrected chi connectivity index (χ4v) is 3.56. The maximum absolute atomic E-state index is 6.07. The standard InChI is InChI=1S/C13H7Cl2IN2S/c14-7-2-4-11(9(16)5-7)18-12-6-8(15)1-3-10(12)17-13(18)19/h1-6H,(H,17,19). The van der Waals surface area contributed by atoms with Crippen molar-refractivity contribution in [3.05, 3.63) is 54.8 Å². The largest absolute Gasteiger partial charge is 0.330 e. The first-order valence-electron chi connectivity index (χ1n) is 5.42. The number of rotatable bonds is 1. The lowest BCUT2D eigenvalue weighted by molar-refractivity contribution is 1.06. The number of nitrogens with one attached hydrogen (secondary N) is 1. The smallest absolute Gasteiger partial charge is 0.182 e. The average molecular weight is 421 g/mol. The van der Waals surface area contributed by atoms with Crippen molar-refractivity contribution >= 4 is 69.0 Å². The second kappa shape index (κ2) is 5.09. The molecule has 3 rings (SSSR count). The van der Waals surface area contributed by atoms with Crippen LogP contribution in [0.4, 0.5) is 0 Å².